The smallest absolute Gasteiger partial charge is 0.241 e. The Morgan fingerprint density at radius 2 is 2.19 bits per heavy atom. The van der Waals surface area contributed by atoms with Crippen molar-refractivity contribution in [2.24, 2.45) is 5.92 Å². The first-order valence-corrected chi connectivity index (χ1v) is 7.37. The predicted molar refractivity (Wildman–Crippen MR) is 83.0 cm³/mol. The fourth-order valence-electron chi connectivity index (χ4n) is 2.64. The molecule has 0 saturated carbocycles. The Balaban J connectivity index is 1.94. The Morgan fingerprint density at radius 1 is 1.38 bits per heavy atom. The van der Waals surface area contributed by atoms with Crippen LogP contribution in [0.15, 0.2) is 18.2 Å². The minimum atomic E-state index is 0.138. The van der Waals surface area contributed by atoms with Crippen molar-refractivity contribution in [2.45, 2.75) is 19.8 Å². The summed E-state index contributed by atoms with van der Waals surface area (Å²) in [5.74, 6) is 2.14. The lowest BCUT2D eigenvalue weighted by atomic mass is 10.0. The van der Waals surface area contributed by atoms with Crippen LogP contribution in [0.1, 0.15) is 19.8 Å². The zero-order valence-corrected chi connectivity index (χ0v) is 13.0. The molecule has 1 aliphatic rings. The van der Waals surface area contributed by atoms with Gasteiger partial charge >= 0.3 is 0 Å². The molecule has 0 spiro atoms. The van der Waals surface area contributed by atoms with Gasteiger partial charge in [0.15, 0.2) is 0 Å². The zero-order chi connectivity index (χ0) is 15.2. The fraction of sp³-hybridized carbons (Fsp3) is 0.562. The van der Waals surface area contributed by atoms with Gasteiger partial charge in [-0.3, -0.25) is 4.79 Å². The van der Waals surface area contributed by atoms with E-state index in [2.05, 4.69) is 12.2 Å². The molecule has 1 N–H and O–H groups in total. The third kappa shape index (κ3) is 4.03. The molecule has 1 unspecified atom stereocenters. The number of nitrogens with one attached hydrogen (secondary N) is 1. The molecule has 1 aliphatic heterocycles. The van der Waals surface area contributed by atoms with Gasteiger partial charge in [0.25, 0.3) is 0 Å². The van der Waals surface area contributed by atoms with Crippen molar-refractivity contribution in [3.63, 3.8) is 0 Å². The predicted octanol–water partition coefficient (Wildman–Crippen LogP) is 2.37. The molecule has 1 saturated heterocycles. The van der Waals surface area contributed by atoms with Crippen LogP contribution in [0.25, 0.3) is 0 Å². The van der Waals surface area contributed by atoms with Gasteiger partial charge in [0.2, 0.25) is 5.91 Å². The molecule has 5 nitrogen and oxygen atoms in total. The lowest BCUT2D eigenvalue weighted by Gasteiger charge is -2.31. The third-order valence-corrected chi connectivity index (χ3v) is 3.85. The highest BCUT2D eigenvalue weighted by Gasteiger charge is 2.20. The quantitative estimate of drug-likeness (QED) is 0.905. The largest absolute Gasteiger partial charge is 0.497 e. The highest BCUT2D eigenvalue weighted by Crippen LogP contribution is 2.28. The summed E-state index contributed by atoms with van der Waals surface area (Å²) in [5, 5.41) is 3.16. The average molecular weight is 292 g/mol. The molecule has 0 aromatic heterocycles. The highest BCUT2D eigenvalue weighted by atomic mass is 16.5. The zero-order valence-electron chi connectivity index (χ0n) is 13.0. The Kier molecular flexibility index (Phi) is 5.31. The Bertz CT molecular complexity index is 490. The van der Waals surface area contributed by atoms with Crippen LogP contribution in [0.4, 0.5) is 5.69 Å². The molecule has 1 heterocycles. The van der Waals surface area contributed by atoms with Gasteiger partial charge in [0.1, 0.15) is 11.5 Å². The maximum Gasteiger partial charge on any atom is 0.241 e. The van der Waals surface area contributed by atoms with Gasteiger partial charge < -0.3 is 19.7 Å². The summed E-state index contributed by atoms with van der Waals surface area (Å²) in [4.78, 5) is 14.2. The van der Waals surface area contributed by atoms with E-state index in [4.69, 9.17) is 9.47 Å². The van der Waals surface area contributed by atoms with E-state index in [1.165, 1.54) is 6.42 Å². The normalized spacial score (nSPS) is 18.2. The van der Waals surface area contributed by atoms with Crippen LogP contribution < -0.4 is 14.8 Å². The maximum atomic E-state index is 12.2. The summed E-state index contributed by atoms with van der Waals surface area (Å²) >= 11 is 0. The molecule has 1 atom stereocenters. The van der Waals surface area contributed by atoms with Crippen LogP contribution >= 0.6 is 0 Å². The van der Waals surface area contributed by atoms with Gasteiger partial charge in [-0.1, -0.05) is 6.92 Å². The molecule has 5 heteroatoms. The van der Waals surface area contributed by atoms with E-state index in [1.54, 1.807) is 20.3 Å². The van der Waals surface area contributed by atoms with Crippen molar-refractivity contribution in [3.8, 4) is 11.5 Å². The second-order valence-corrected chi connectivity index (χ2v) is 5.51. The van der Waals surface area contributed by atoms with Gasteiger partial charge in [-0.25, -0.2) is 0 Å². The maximum absolute atomic E-state index is 12.2. The number of anilines is 1. The summed E-state index contributed by atoms with van der Waals surface area (Å²) in [6, 6.07) is 5.51. The van der Waals surface area contributed by atoms with Gasteiger partial charge in [-0.15, -0.1) is 0 Å². The molecule has 116 valence electrons. The lowest BCUT2D eigenvalue weighted by Crippen LogP contribution is -2.41. The van der Waals surface area contributed by atoms with Gasteiger partial charge in [-0.2, -0.15) is 0 Å². The molecule has 1 aromatic carbocycles. The first-order valence-electron chi connectivity index (χ1n) is 7.37. The number of amides is 1. The summed E-state index contributed by atoms with van der Waals surface area (Å²) in [6.45, 7) is 4.21. The van der Waals surface area contributed by atoms with Crippen LogP contribution in [0.2, 0.25) is 0 Å². The summed E-state index contributed by atoms with van der Waals surface area (Å²) in [6.07, 6.45) is 2.31. The van der Waals surface area contributed by atoms with Crippen LogP contribution in [0.5, 0.6) is 11.5 Å². The molecule has 1 amide bonds. The van der Waals surface area contributed by atoms with Crippen LogP contribution in [-0.2, 0) is 4.79 Å². The molecule has 1 fully saturated rings. The standard InChI is InChI=1S/C16H24N2O3/c1-12-5-4-8-18(11-12)16(19)10-17-14-7-6-13(20-2)9-15(14)21-3/h6-7,9,12,17H,4-5,8,10-11H2,1-3H3. The first kappa shape index (κ1) is 15.5. The lowest BCUT2D eigenvalue weighted by molar-refractivity contribution is -0.130. The van der Waals surface area contributed by atoms with E-state index < -0.39 is 0 Å². The van der Waals surface area contributed by atoms with E-state index in [1.807, 2.05) is 17.0 Å². The number of piperidine rings is 1. The van der Waals surface area contributed by atoms with Gasteiger partial charge in [0, 0.05) is 19.2 Å². The first-order chi connectivity index (χ1) is 10.1. The van der Waals surface area contributed by atoms with E-state index in [-0.39, 0.29) is 12.5 Å². The second-order valence-electron chi connectivity index (χ2n) is 5.51. The molecule has 0 bridgehead atoms. The molecular formula is C16H24N2O3. The average Bonchev–Trinajstić information content (AvgIpc) is 2.52. The van der Waals surface area contributed by atoms with Crippen LogP contribution in [0.3, 0.4) is 0 Å². The van der Waals surface area contributed by atoms with Crippen molar-refractivity contribution >= 4 is 11.6 Å². The van der Waals surface area contributed by atoms with Crippen molar-refractivity contribution in [3.05, 3.63) is 18.2 Å². The van der Waals surface area contributed by atoms with E-state index in [0.29, 0.717) is 11.7 Å². The Morgan fingerprint density at radius 3 is 2.86 bits per heavy atom. The van der Waals surface area contributed by atoms with E-state index >= 15 is 0 Å². The number of methoxy groups -OCH3 is 2. The number of benzene rings is 1. The van der Waals surface area contributed by atoms with Crippen molar-refractivity contribution in [2.75, 3.05) is 39.2 Å². The van der Waals surface area contributed by atoms with E-state index in [9.17, 15) is 4.79 Å². The van der Waals surface area contributed by atoms with Gasteiger partial charge in [0.05, 0.1) is 26.5 Å². The van der Waals surface area contributed by atoms with Crippen LogP contribution in [-0.4, -0.2) is 44.7 Å². The topological polar surface area (TPSA) is 50.8 Å². The minimum Gasteiger partial charge on any atom is -0.497 e. The number of carbonyl (C=O) groups is 1. The number of ether oxygens (including phenoxy) is 2. The minimum absolute atomic E-state index is 0.138. The van der Waals surface area contributed by atoms with Crippen molar-refractivity contribution in [1.29, 1.82) is 0 Å². The summed E-state index contributed by atoms with van der Waals surface area (Å²) < 4.78 is 10.5. The molecule has 0 radical (unpaired) electrons. The van der Waals surface area contributed by atoms with E-state index in [0.717, 1.165) is 30.9 Å². The number of likely N-dealkylation sites (tertiary alicyclic amines) is 1. The van der Waals surface area contributed by atoms with Crippen molar-refractivity contribution in [1.82, 2.24) is 4.90 Å². The van der Waals surface area contributed by atoms with Crippen molar-refractivity contribution < 1.29 is 14.3 Å². The molecule has 2 rings (SSSR count). The number of hydrogen-bond acceptors (Lipinski definition) is 4. The highest BCUT2D eigenvalue weighted by molar-refractivity contribution is 5.81. The fourth-order valence-corrected chi connectivity index (χ4v) is 2.64. The second kappa shape index (κ2) is 7.20. The molecule has 0 aliphatic carbocycles. The van der Waals surface area contributed by atoms with Crippen LogP contribution in [0, 0.1) is 5.92 Å². The molecule has 1 aromatic rings. The Hall–Kier alpha value is -1.91. The van der Waals surface area contributed by atoms with Gasteiger partial charge in [-0.05, 0) is 30.9 Å². The molecular weight excluding hydrogens is 268 g/mol. The Labute approximate surface area is 126 Å². The number of carbonyl (C=O) groups excluding carboxylic acids is 1. The number of hydrogen-bond donors (Lipinski definition) is 1. The monoisotopic (exact) mass is 292 g/mol. The SMILES string of the molecule is COc1ccc(NCC(=O)N2CCCC(C)C2)c(OC)c1. The summed E-state index contributed by atoms with van der Waals surface area (Å²) in [7, 11) is 3.22. The number of rotatable bonds is 5. The third-order valence-electron chi connectivity index (χ3n) is 3.85. The number of nitrogens with zero attached hydrogens (tertiary/aromatic N) is 1. The molecule has 21 heavy (non-hydrogen) atoms. The summed E-state index contributed by atoms with van der Waals surface area (Å²) in [5.41, 5.74) is 0.803.